The summed E-state index contributed by atoms with van der Waals surface area (Å²) in [6.45, 7) is 0. The summed E-state index contributed by atoms with van der Waals surface area (Å²) in [4.78, 5) is 36.1. The van der Waals surface area contributed by atoms with Crippen LogP contribution in [-0.4, -0.2) is 77.3 Å². The Labute approximate surface area is 127 Å². The van der Waals surface area contributed by atoms with Gasteiger partial charge in [-0.25, -0.2) is 9.59 Å². The van der Waals surface area contributed by atoms with Crippen molar-refractivity contribution < 1.29 is 66.1 Å². The van der Waals surface area contributed by atoms with Crippen LogP contribution in [0, 0.1) is 0 Å². The van der Waals surface area contributed by atoms with Crippen molar-refractivity contribution in [3.05, 3.63) is 0 Å². The summed E-state index contributed by atoms with van der Waals surface area (Å²) in [6, 6.07) is 0. The second kappa shape index (κ2) is 16.2. The van der Waals surface area contributed by atoms with E-state index in [1.807, 2.05) is 0 Å². The quantitative estimate of drug-likeness (QED) is 0.281. The number of carbonyl (C=O) groups is 4. The summed E-state index contributed by atoms with van der Waals surface area (Å²) in [5, 5.41) is 32.6. The first-order valence-corrected chi connectivity index (χ1v) is 2.17. The number of hydrogen-bond donors (Lipinski definition) is 2. The van der Waals surface area contributed by atoms with E-state index < -0.39 is 23.9 Å². The molecular weight excluding hydrogens is 427 g/mol. The molecule has 0 bridgehead atoms. The van der Waals surface area contributed by atoms with Gasteiger partial charge < -0.3 is 35.5 Å². The summed E-state index contributed by atoms with van der Waals surface area (Å²) < 4.78 is 0. The summed E-state index contributed by atoms with van der Waals surface area (Å²) in [5.41, 5.74) is 0. The molecule has 0 saturated heterocycles. The maximum absolute atomic E-state index is 9.10. The number of rotatable bonds is 0. The standard InChI is InChI=1S/2C2H2O4.Ca.H2O.Pt/c2*3-1(4)2(5)6;;;/h2*(H,3,4)(H,5,6);;1H2;/q;;+2;;/p-2. The molecule has 0 aliphatic heterocycles. The zero-order valence-corrected chi connectivity index (χ0v) is 11.3. The van der Waals surface area contributed by atoms with Gasteiger partial charge in [0.1, 0.15) is 0 Å². The van der Waals surface area contributed by atoms with Crippen molar-refractivity contribution in [1.29, 1.82) is 0 Å². The van der Waals surface area contributed by atoms with Crippen LogP contribution in [-0.2, 0) is 40.2 Å². The van der Waals surface area contributed by atoms with Crippen LogP contribution in [0.15, 0.2) is 0 Å². The molecule has 0 unspecified atom stereocenters. The summed E-state index contributed by atoms with van der Waals surface area (Å²) in [7, 11) is 0. The van der Waals surface area contributed by atoms with E-state index in [-0.39, 0.29) is 64.3 Å². The van der Waals surface area contributed by atoms with Crippen LogP contribution < -0.4 is 10.2 Å². The van der Waals surface area contributed by atoms with Crippen LogP contribution in [0.2, 0.25) is 0 Å². The van der Waals surface area contributed by atoms with Crippen LogP contribution in [0.5, 0.6) is 0 Å². The van der Waals surface area contributed by atoms with Crippen LogP contribution in [0.4, 0.5) is 0 Å². The van der Waals surface area contributed by atoms with E-state index in [0.717, 1.165) is 0 Å². The molecule has 11 heteroatoms. The summed E-state index contributed by atoms with van der Waals surface area (Å²) >= 11 is 0. The zero-order chi connectivity index (χ0) is 10.3. The minimum Gasteiger partial charge on any atom is -0.543 e. The van der Waals surface area contributed by atoms with Crippen molar-refractivity contribution in [3.8, 4) is 0 Å². The molecule has 0 radical (unpaired) electrons. The Bertz CT molecular complexity index is 178. The van der Waals surface area contributed by atoms with Gasteiger partial charge in [0.25, 0.3) is 0 Å². The predicted octanol–water partition coefficient (Wildman–Crippen LogP) is -5.57. The Morgan fingerprint density at radius 1 is 0.800 bits per heavy atom. The van der Waals surface area contributed by atoms with Gasteiger partial charge in [0.05, 0.1) is 11.9 Å². The Kier molecular flexibility index (Phi) is 31.7. The molecule has 0 aromatic carbocycles. The molecule has 0 aromatic rings. The van der Waals surface area contributed by atoms with Crippen molar-refractivity contribution >= 4 is 61.6 Å². The smallest absolute Gasteiger partial charge is 0.543 e. The fraction of sp³-hybridized carbons (Fsp3) is 0. The van der Waals surface area contributed by atoms with E-state index in [2.05, 4.69) is 0 Å². The largest absolute Gasteiger partial charge is 2.00 e. The molecule has 0 aliphatic rings. The maximum atomic E-state index is 9.10. The second-order valence-corrected chi connectivity index (χ2v) is 1.19. The molecule has 9 nitrogen and oxygen atoms in total. The molecule has 86 valence electrons. The maximum Gasteiger partial charge on any atom is 2.00 e. The molecular formula is C4H4CaO9Pt. The third-order valence-electron chi connectivity index (χ3n) is 0.350. The van der Waals surface area contributed by atoms with Gasteiger partial charge in [-0.2, -0.15) is 0 Å². The summed E-state index contributed by atoms with van der Waals surface area (Å²) in [5.74, 6) is -8.02. The average Bonchev–Trinajstić information content (AvgIpc) is 1.88. The normalized spacial score (nSPS) is 5.87. The first kappa shape index (κ1) is 29.3. The number of aliphatic carboxylic acids is 4. The molecule has 0 fully saturated rings. The Balaban J connectivity index is -0.0000000370. The summed E-state index contributed by atoms with van der Waals surface area (Å²) in [6.07, 6.45) is 0. The third kappa shape index (κ3) is 31.6. The predicted molar refractivity (Wildman–Crippen MR) is 34.7 cm³/mol. The first-order valence-electron chi connectivity index (χ1n) is 2.17. The van der Waals surface area contributed by atoms with E-state index in [1.165, 1.54) is 0 Å². The van der Waals surface area contributed by atoms with Crippen molar-refractivity contribution in [2.45, 2.75) is 0 Å². The van der Waals surface area contributed by atoms with Crippen LogP contribution >= 0.6 is 0 Å². The van der Waals surface area contributed by atoms with Crippen molar-refractivity contribution in [1.82, 2.24) is 0 Å². The van der Waals surface area contributed by atoms with Crippen LogP contribution in [0.1, 0.15) is 0 Å². The number of carboxylic acids is 4. The zero-order valence-electron chi connectivity index (χ0n) is 6.87. The second-order valence-electron chi connectivity index (χ2n) is 1.19. The number of carbonyl (C=O) groups excluding carboxylic acids is 2. The molecule has 0 atom stereocenters. The molecule has 0 rings (SSSR count). The minimum atomic E-state index is -2.19. The monoisotopic (exact) mass is 431 g/mol. The first-order chi connectivity index (χ1) is 5.29. The number of carboxylic acid groups (broad SMARTS) is 4. The van der Waals surface area contributed by atoms with Gasteiger partial charge in [-0.1, -0.05) is 0 Å². The van der Waals surface area contributed by atoms with Crippen molar-refractivity contribution in [2.75, 3.05) is 0 Å². The fourth-order valence-electron chi connectivity index (χ4n) is 0. The van der Waals surface area contributed by atoms with Gasteiger partial charge in [0.2, 0.25) is 0 Å². The molecule has 0 amide bonds. The Morgan fingerprint density at radius 2 is 0.933 bits per heavy atom. The minimum absolute atomic E-state index is 0. The average molecular weight is 431 g/mol. The topological polar surface area (TPSA) is 186 Å². The van der Waals surface area contributed by atoms with E-state index in [1.54, 1.807) is 0 Å². The SMILES string of the molecule is O.O=C(O)C(=O)O.O=C([O-])C(=O)[O-].[Ca+2].[Pt]. The van der Waals surface area contributed by atoms with Crippen molar-refractivity contribution in [3.63, 3.8) is 0 Å². The van der Waals surface area contributed by atoms with Crippen LogP contribution in [0.25, 0.3) is 0 Å². The van der Waals surface area contributed by atoms with Gasteiger partial charge in [-0.05, 0) is 0 Å². The van der Waals surface area contributed by atoms with Gasteiger partial charge >= 0.3 is 49.7 Å². The Hall–Kier alpha value is -0.212. The van der Waals surface area contributed by atoms with E-state index in [4.69, 9.17) is 39.6 Å². The Morgan fingerprint density at radius 3 is 0.933 bits per heavy atom. The van der Waals surface area contributed by atoms with E-state index in [0.29, 0.717) is 0 Å². The van der Waals surface area contributed by atoms with Gasteiger partial charge in [-0.3, -0.25) is 0 Å². The fourth-order valence-corrected chi connectivity index (χ4v) is 0. The van der Waals surface area contributed by atoms with Gasteiger partial charge in [0, 0.05) is 21.1 Å². The van der Waals surface area contributed by atoms with Gasteiger partial charge in [-0.15, -0.1) is 0 Å². The third-order valence-corrected chi connectivity index (χ3v) is 0.350. The van der Waals surface area contributed by atoms with E-state index >= 15 is 0 Å². The molecule has 0 spiro atoms. The number of hydrogen-bond acceptors (Lipinski definition) is 6. The van der Waals surface area contributed by atoms with Crippen LogP contribution in [0.3, 0.4) is 0 Å². The molecule has 0 saturated carbocycles. The molecule has 4 N–H and O–H groups in total. The van der Waals surface area contributed by atoms with E-state index in [9.17, 15) is 0 Å². The molecule has 0 heterocycles. The molecule has 15 heavy (non-hydrogen) atoms. The molecule has 0 aromatic heterocycles. The van der Waals surface area contributed by atoms with Crippen molar-refractivity contribution in [2.24, 2.45) is 0 Å². The van der Waals surface area contributed by atoms with Gasteiger partial charge in [0.15, 0.2) is 0 Å². The molecule has 0 aliphatic carbocycles.